The fraction of sp³-hybridized carbons (Fsp3) is 0.316. The summed E-state index contributed by atoms with van der Waals surface area (Å²) in [6.45, 7) is 5.33. The van der Waals surface area contributed by atoms with Crippen molar-refractivity contribution in [2.24, 2.45) is 0 Å². The van der Waals surface area contributed by atoms with Crippen molar-refractivity contribution in [1.29, 1.82) is 0 Å². The van der Waals surface area contributed by atoms with Gasteiger partial charge in [-0.2, -0.15) is 0 Å². The number of hydrogen-bond donors (Lipinski definition) is 2. The molecule has 1 atom stereocenters. The molecule has 0 bridgehead atoms. The first-order valence-electron chi connectivity index (χ1n) is 8.37. The number of rotatable bonds is 4. The minimum absolute atomic E-state index is 0.0143. The average molecular weight is 404 g/mol. The van der Waals surface area contributed by atoms with Crippen LogP contribution < -0.4 is 10.2 Å². The summed E-state index contributed by atoms with van der Waals surface area (Å²) >= 11 is 3.39. The molecule has 2 N–H and O–H groups in total. The molecule has 1 aliphatic heterocycles. The molecule has 1 unspecified atom stereocenters. The summed E-state index contributed by atoms with van der Waals surface area (Å²) in [5.74, 6) is 0.293. The van der Waals surface area contributed by atoms with Gasteiger partial charge in [-0.25, -0.2) is 0 Å². The highest BCUT2D eigenvalue weighted by molar-refractivity contribution is 9.10. The van der Waals surface area contributed by atoms with E-state index in [0.717, 1.165) is 42.0 Å². The third-order valence-electron chi connectivity index (χ3n) is 4.57. The van der Waals surface area contributed by atoms with Crippen molar-refractivity contribution in [2.45, 2.75) is 13.0 Å². The molecule has 5 nitrogen and oxygen atoms in total. The van der Waals surface area contributed by atoms with E-state index in [4.69, 9.17) is 0 Å². The highest BCUT2D eigenvalue weighted by Crippen LogP contribution is 2.21. The van der Waals surface area contributed by atoms with E-state index in [1.807, 2.05) is 43.3 Å². The molecular weight excluding hydrogens is 382 g/mol. The largest absolute Gasteiger partial charge is 0.508 e. The van der Waals surface area contributed by atoms with Crippen molar-refractivity contribution in [3.63, 3.8) is 0 Å². The van der Waals surface area contributed by atoms with Crippen molar-refractivity contribution in [3.05, 3.63) is 53.0 Å². The van der Waals surface area contributed by atoms with Crippen LogP contribution in [0.15, 0.2) is 53.0 Å². The first-order valence-corrected chi connectivity index (χ1v) is 9.17. The second-order valence-electron chi connectivity index (χ2n) is 6.21. The number of halogens is 1. The minimum Gasteiger partial charge on any atom is -0.508 e. The third kappa shape index (κ3) is 4.52. The van der Waals surface area contributed by atoms with Gasteiger partial charge in [0.05, 0.1) is 6.04 Å². The van der Waals surface area contributed by atoms with Gasteiger partial charge in [-0.15, -0.1) is 0 Å². The Morgan fingerprint density at radius 2 is 1.64 bits per heavy atom. The Kier molecular flexibility index (Phi) is 5.60. The molecule has 25 heavy (non-hydrogen) atoms. The number of hydrogen-bond acceptors (Lipinski definition) is 4. The second kappa shape index (κ2) is 7.89. The molecule has 1 aliphatic rings. The molecule has 3 rings (SSSR count). The Morgan fingerprint density at radius 1 is 1.04 bits per heavy atom. The number of phenols is 1. The average Bonchev–Trinajstić information content (AvgIpc) is 2.64. The predicted molar refractivity (Wildman–Crippen MR) is 104 cm³/mol. The first-order chi connectivity index (χ1) is 12.0. The summed E-state index contributed by atoms with van der Waals surface area (Å²) in [5, 5.41) is 12.4. The van der Waals surface area contributed by atoms with Crippen LogP contribution >= 0.6 is 15.9 Å². The van der Waals surface area contributed by atoms with Gasteiger partial charge in [-0.1, -0.05) is 15.9 Å². The Bertz CT molecular complexity index is 710. The summed E-state index contributed by atoms with van der Waals surface area (Å²) in [7, 11) is 0. The monoisotopic (exact) mass is 403 g/mol. The maximum absolute atomic E-state index is 12.5. The molecular formula is C19H22BrN3O2. The van der Waals surface area contributed by atoms with E-state index >= 15 is 0 Å². The topological polar surface area (TPSA) is 55.8 Å². The van der Waals surface area contributed by atoms with Crippen LogP contribution in [0.3, 0.4) is 0 Å². The molecule has 0 radical (unpaired) electrons. The molecule has 0 spiro atoms. The lowest BCUT2D eigenvalue weighted by molar-refractivity contribution is -0.120. The van der Waals surface area contributed by atoms with Crippen LogP contribution in [0, 0.1) is 0 Å². The van der Waals surface area contributed by atoms with Gasteiger partial charge in [-0.05, 0) is 55.5 Å². The number of nitrogens with zero attached hydrogens (tertiary/aromatic N) is 2. The number of carbonyl (C=O) groups is 1. The molecule has 6 heteroatoms. The number of piperazine rings is 1. The number of phenolic OH excluding ortho intramolecular Hbond substituents is 1. The summed E-state index contributed by atoms with van der Waals surface area (Å²) in [5.41, 5.74) is 1.91. The van der Waals surface area contributed by atoms with Crippen LogP contribution in [0.5, 0.6) is 5.75 Å². The highest BCUT2D eigenvalue weighted by Gasteiger charge is 2.25. The normalized spacial score (nSPS) is 16.5. The lowest BCUT2D eigenvalue weighted by atomic mass is 10.2. The van der Waals surface area contributed by atoms with Crippen molar-refractivity contribution in [3.8, 4) is 5.75 Å². The fourth-order valence-electron chi connectivity index (χ4n) is 2.98. The number of carbonyl (C=O) groups excluding carboxylic acids is 1. The van der Waals surface area contributed by atoms with Gasteiger partial charge < -0.3 is 15.3 Å². The molecule has 1 amide bonds. The zero-order valence-corrected chi connectivity index (χ0v) is 15.7. The zero-order chi connectivity index (χ0) is 17.8. The Labute approximate surface area is 156 Å². The third-order valence-corrected chi connectivity index (χ3v) is 5.10. The Hall–Kier alpha value is -2.05. The van der Waals surface area contributed by atoms with Crippen LogP contribution in [0.1, 0.15) is 6.92 Å². The summed E-state index contributed by atoms with van der Waals surface area (Å²) < 4.78 is 0.990. The van der Waals surface area contributed by atoms with E-state index in [2.05, 4.69) is 31.0 Å². The molecule has 0 aromatic heterocycles. The Morgan fingerprint density at radius 3 is 2.24 bits per heavy atom. The predicted octanol–water partition coefficient (Wildman–Crippen LogP) is 3.30. The minimum atomic E-state index is -0.175. The van der Waals surface area contributed by atoms with E-state index in [-0.39, 0.29) is 17.7 Å². The van der Waals surface area contributed by atoms with E-state index in [0.29, 0.717) is 0 Å². The summed E-state index contributed by atoms with van der Waals surface area (Å²) in [6.07, 6.45) is 0. The van der Waals surface area contributed by atoms with Crippen LogP contribution in [-0.4, -0.2) is 48.1 Å². The smallest absolute Gasteiger partial charge is 0.241 e. The fourth-order valence-corrected chi connectivity index (χ4v) is 3.24. The van der Waals surface area contributed by atoms with Crippen molar-refractivity contribution in [1.82, 2.24) is 4.90 Å². The standard InChI is InChI=1S/C19H22BrN3O2/c1-14(19(25)21-16-4-2-15(20)3-5-16)22-10-12-23(13-11-22)17-6-8-18(24)9-7-17/h2-9,14,24H,10-13H2,1H3,(H,21,25). The molecule has 2 aromatic carbocycles. The van der Waals surface area contributed by atoms with Crippen molar-refractivity contribution >= 4 is 33.2 Å². The van der Waals surface area contributed by atoms with Gasteiger partial charge in [0.2, 0.25) is 5.91 Å². The number of amides is 1. The van der Waals surface area contributed by atoms with E-state index in [1.165, 1.54) is 0 Å². The van der Waals surface area contributed by atoms with Gasteiger partial charge >= 0.3 is 0 Å². The SMILES string of the molecule is CC(C(=O)Nc1ccc(Br)cc1)N1CCN(c2ccc(O)cc2)CC1. The number of benzene rings is 2. The van der Waals surface area contributed by atoms with Crippen LogP contribution in [0.2, 0.25) is 0 Å². The highest BCUT2D eigenvalue weighted by atomic mass is 79.9. The van der Waals surface area contributed by atoms with E-state index < -0.39 is 0 Å². The van der Waals surface area contributed by atoms with Gasteiger partial charge in [0.15, 0.2) is 0 Å². The van der Waals surface area contributed by atoms with E-state index in [1.54, 1.807) is 12.1 Å². The lowest BCUT2D eigenvalue weighted by Gasteiger charge is -2.38. The van der Waals surface area contributed by atoms with Gasteiger partial charge in [0.25, 0.3) is 0 Å². The van der Waals surface area contributed by atoms with Crippen molar-refractivity contribution in [2.75, 3.05) is 36.4 Å². The molecule has 1 fully saturated rings. The van der Waals surface area contributed by atoms with E-state index in [9.17, 15) is 9.90 Å². The van der Waals surface area contributed by atoms with Crippen LogP contribution in [0.4, 0.5) is 11.4 Å². The van der Waals surface area contributed by atoms with Gasteiger partial charge in [0.1, 0.15) is 5.75 Å². The maximum atomic E-state index is 12.5. The first kappa shape index (κ1) is 17.8. The number of anilines is 2. The molecule has 1 saturated heterocycles. The molecule has 2 aromatic rings. The van der Waals surface area contributed by atoms with Crippen molar-refractivity contribution < 1.29 is 9.90 Å². The lowest BCUT2D eigenvalue weighted by Crippen LogP contribution is -2.52. The zero-order valence-electron chi connectivity index (χ0n) is 14.2. The quantitative estimate of drug-likeness (QED) is 0.821. The molecule has 132 valence electrons. The Balaban J connectivity index is 1.53. The second-order valence-corrected chi connectivity index (χ2v) is 7.13. The maximum Gasteiger partial charge on any atom is 0.241 e. The summed E-state index contributed by atoms with van der Waals surface area (Å²) in [4.78, 5) is 17.0. The molecule has 0 saturated carbocycles. The van der Waals surface area contributed by atoms with Crippen LogP contribution in [-0.2, 0) is 4.79 Å². The number of nitrogens with one attached hydrogen (secondary N) is 1. The number of aromatic hydroxyl groups is 1. The molecule has 1 heterocycles. The van der Waals surface area contributed by atoms with Gasteiger partial charge in [-0.3, -0.25) is 9.69 Å². The summed E-state index contributed by atoms with van der Waals surface area (Å²) in [6, 6.07) is 14.7. The van der Waals surface area contributed by atoms with Crippen LogP contribution in [0.25, 0.3) is 0 Å². The van der Waals surface area contributed by atoms with Gasteiger partial charge in [0, 0.05) is 42.0 Å². The molecule has 0 aliphatic carbocycles.